The van der Waals surface area contributed by atoms with Gasteiger partial charge in [0.25, 0.3) is 0 Å². The Balaban J connectivity index is 2.89. The number of aryl methyl sites for hydroxylation is 2. The molecule has 0 aliphatic rings. The SMILES string of the molecule is Cc1c2cc(F)c(F)cc2nn1C. The van der Waals surface area contributed by atoms with Crippen molar-refractivity contribution >= 4 is 10.9 Å². The summed E-state index contributed by atoms with van der Waals surface area (Å²) in [6.45, 7) is 1.81. The van der Waals surface area contributed by atoms with E-state index in [9.17, 15) is 8.78 Å². The molecule has 0 atom stereocenters. The van der Waals surface area contributed by atoms with Crippen molar-refractivity contribution in [1.29, 1.82) is 0 Å². The highest BCUT2D eigenvalue weighted by Gasteiger charge is 2.09. The quantitative estimate of drug-likeness (QED) is 0.610. The van der Waals surface area contributed by atoms with Crippen molar-refractivity contribution in [2.24, 2.45) is 7.05 Å². The van der Waals surface area contributed by atoms with Crippen LogP contribution in [0.1, 0.15) is 5.69 Å². The van der Waals surface area contributed by atoms with Gasteiger partial charge in [0.1, 0.15) is 0 Å². The van der Waals surface area contributed by atoms with Crippen LogP contribution in [0.5, 0.6) is 0 Å². The van der Waals surface area contributed by atoms with E-state index in [2.05, 4.69) is 5.10 Å². The molecule has 68 valence electrons. The Morgan fingerprint density at radius 2 is 1.85 bits per heavy atom. The van der Waals surface area contributed by atoms with Gasteiger partial charge in [0.15, 0.2) is 11.6 Å². The zero-order valence-corrected chi connectivity index (χ0v) is 7.31. The summed E-state index contributed by atoms with van der Waals surface area (Å²) >= 11 is 0. The average Bonchev–Trinajstić information content (AvgIpc) is 2.32. The summed E-state index contributed by atoms with van der Waals surface area (Å²) in [4.78, 5) is 0. The van der Waals surface area contributed by atoms with Gasteiger partial charge in [0.05, 0.1) is 5.52 Å². The summed E-state index contributed by atoms with van der Waals surface area (Å²) in [5.41, 5.74) is 1.31. The maximum absolute atomic E-state index is 12.8. The highest BCUT2D eigenvalue weighted by Crippen LogP contribution is 2.20. The molecule has 0 fully saturated rings. The fourth-order valence-electron chi connectivity index (χ4n) is 1.32. The van der Waals surface area contributed by atoms with E-state index in [1.165, 1.54) is 6.07 Å². The van der Waals surface area contributed by atoms with Gasteiger partial charge < -0.3 is 0 Å². The van der Waals surface area contributed by atoms with Crippen LogP contribution in [-0.4, -0.2) is 9.78 Å². The van der Waals surface area contributed by atoms with Gasteiger partial charge in [-0.3, -0.25) is 4.68 Å². The van der Waals surface area contributed by atoms with Crippen LogP contribution < -0.4 is 0 Å². The van der Waals surface area contributed by atoms with Gasteiger partial charge in [-0.15, -0.1) is 0 Å². The smallest absolute Gasteiger partial charge is 0.161 e. The Kier molecular flexibility index (Phi) is 1.58. The van der Waals surface area contributed by atoms with Crippen molar-refractivity contribution in [3.8, 4) is 0 Å². The van der Waals surface area contributed by atoms with E-state index in [1.54, 1.807) is 11.7 Å². The highest BCUT2D eigenvalue weighted by molar-refractivity contribution is 5.81. The van der Waals surface area contributed by atoms with Gasteiger partial charge in [-0.05, 0) is 13.0 Å². The number of benzene rings is 1. The molecule has 1 heterocycles. The topological polar surface area (TPSA) is 17.8 Å². The fraction of sp³-hybridized carbons (Fsp3) is 0.222. The molecule has 2 aromatic rings. The third kappa shape index (κ3) is 1.09. The second-order valence-electron chi connectivity index (χ2n) is 2.99. The number of halogens is 2. The molecule has 2 nitrogen and oxygen atoms in total. The molecular weight excluding hydrogens is 174 g/mol. The molecule has 0 aliphatic carbocycles. The molecule has 0 amide bonds. The van der Waals surface area contributed by atoms with Crippen LogP contribution in [0.3, 0.4) is 0 Å². The summed E-state index contributed by atoms with van der Waals surface area (Å²) in [6.07, 6.45) is 0. The predicted octanol–water partition coefficient (Wildman–Crippen LogP) is 2.16. The normalized spacial score (nSPS) is 11.1. The lowest BCUT2D eigenvalue weighted by molar-refractivity contribution is 0.511. The Labute approximate surface area is 73.8 Å². The number of hydrogen-bond donors (Lipinski definition) is 0. The second-order valence-corrected chi connectivity index (χ2v) is 2.99. The number of fused-ring (bicyclic) bond motifs is 1. The second kappa shape index (κ2) is 2.52. The molecule has 0 unspecified atom stereocenters. The van der Waals surface area contributed by atoms with Gasteiger partial charge in [0, 0.05) is 24.2 Å². The summed E-state index contributed by atoms with van der Waals surface area (Å²) in [5.74, 6) is -1.69. The van der Waals surface area contributed by atoms with Crippen LogP contribution in [0.4, 0.5) is 8.78 Å². The summed E-state index contributed by atoms with van der Waals surface area (Å²) in [6, 6.07) is 2.28. The van der Waals surface area contributed by atoms with Gasteiger partial charge >= 0.3 is 0 Å². The molecule has 0 N–H and O–H groups in total. The third-order valence-corrected chi connectivity index (χ3v) is 2.17. The van der Waals surface area contributed by atoms with Crippen LogP contribution in [-0.2, 0) is 7.05 Å². The van der Waals surface area contributed by atoms with Crippen molar-refractivity contribution in [2.75, 3.05) is 0 Å². The van der Waals surface area contributed by atoms with Gasteiger partial charge in [0.2, 0.25) is 0 Å². The van der Waals surface area contributed by atoms with E-state index >= 15 is 0 Å². The summed E-state index contributed by atoms with van der Waals surface area (Å²) in [5, 5.41) is 4.68. The monoisotopic (exact) mass is 182 g/mol. The largest absolute Gasteiger partial charge is 0.272 e. The number of aromatic nitrogens is 2. The third-order valence-electron chi connectivity index (χ3n) is 2.17. The Morgan fingerprint density at radius 1 is 1.23 bits per heavy atom. The molecule has 0 bridgehead atoms. The zero-order valence-electron chi connectivity index (χ0n) is 7.31. The number of nitrogens with zero attached hydrogens (tertiary/aromatic N) is 2. The lowest BCUT2D eigenvalue weighted by atomic mass is 10.2. The average molecular weight is 182 g/mol. The van der Waals surface area contributed by atoms with Crippen LogP contribution in [0.25, 0.3) is 10.9 Å². The molecule has 0 saturated carbocycles. The highest BCUT2D eigenvalue weighted by atomic mass is 19.2. The zero-order chi connectivity index (χ0) is 9.59. The molecular formula is C9H8F2N2. The molecule has 13 heavy (non-hydrogen) atoms. The van der Waals surface area contributed by atoms with Crippen molar-refractivity contribution in [3.63, 3.8) is 0 Å². The maximum Gasteiger partial charge on any atom is 0.161 e. The Bertz CT molecular complexity index is 474. The predicted molar refractivity (Wildman–Crippen MR) is 45.4 cm³/mol. The first-order valence-electron chi connectivity index (χ1n) is 3.88. The summed E-state index contributed by atoms with van der Waals surface area (Å²) in [7, 11) is 1.74. The molecule has 1 aromatic carbocycles. The van der Waals surface area contributed by atoms with Crippen molar-refractivity contribution in [3.05, 3.63) is 29.5 Å². The van der Waals surface area contributed by atoms with E-state index in [0.717, 1.165) is 11.8 Å². The van der Waals surface area contributed by atoms with Gasteiger partial charge in [-0.25, -0.2) is 8.78 Å². The first-order chi connectivity index (χ1) is 6.09. The molecule has 4 heteroatoms. The molecule has 0 saturated heterocycles. The van der Waals surface area contributed by atoms with Crippen molar-refractivity contribution < 1.29 is 8.78 Å². The van der Waals surface area contributed by atoms with Gasteiger partial charge in [-0.2, -0.15) is 5.10 Å². The Morgan fingerprint density at radius 3 is 2.54 bits per heavy atom. The van der Waals surface area contributed by atoms with E-state index in [1.807, 2.05) is 6.92 Å². The minimum Gasteiger partial charge on any atom is -0.272 e. The van der Waals surface area contributed by atoms with E-state index < -0.39 is 11.6 Å². The van der Waals surface area contributed by atoms with Crippen LogP contribution >= 0.6 is 0 Å². The first-order valence-corrected chi connectivity index (χ1v) is 3.88. The maximum atomic E-state index is 12.8. The van der Waals surface area contributed by atoms with Gasteiger partial charge in [-0.1, -0.05) is 0 Å². The lowest BCUT2D eigenvalue weighted by Crippen LogP contribution is -1.91. The molecule has 0 aliphatic heterocycles. The van der Waals surface area contributed by atoms with Crippen molar-refractivity contribution in [2.45, 2.75) is 6.92 Å². The van der Waals surface area contributed by atoms with Crippen LogP contribution in [0, 0.1) is 18.6 Å². The molecule has 2 rings (SSSR count). The standard InChI is InChI=1S/C9H8F2N2/c1-5-6-3-7(10)8(11)4-9(6)12-13(5)2/h3-4H,1-2H3. The minimum absolute atomic E-state index is 0.485. The molecule has 0 spiro atoms. The Hall–Kier alpha value is -1.45. The van der Waals surface area contributed by atoms with Crippen LogP contribution in [0.15, 0.2) is 12.1 Å². The fourth-order valence-corrected chi connectivity index (χ4v) is 1.32. The number of hydrogen-bond acceptors (Lipinski definition) is 1. The van der Waals surface area contributed by atoms with Crippen molar-refractivity contribution in [1.82, 2.24) is 9.78 Å². The molecule has 1 aromatic heterocycles. The van der Waals surface area contributed by atoms with E-state index in [4.69, 9.17) is 0 Å². The van der Waals surface area contributed by atoms with E-state index in [-0.39, 0.29) is 0 Å². The molecule has 0 radical (unpaired) electrons. The number of rotatable bonds is 0. The van der Waals surface area contributed by atoms with E-state index in [0.29, 0.717) is 10.9 Å². The summed E-state index contributed by atoms with van der Waals surface area (Å²) < 4.78 is 27.2. The first kappa shape index (κ1) is 8.16. The lowest BCUT2D eigenvalue weighted by Gasteiger charge is -1.93. The van der Waals surface area contributed by atoms with Crippen LogP contribution in [0.2, 0.25) is 0 Å². The minimum atomic E-state index is -0.856.